The summed E-state index contributed by atoms with van der Waals surface area (Å²) >= 11 is 9.71. The van der Waals surface area contributed by atoms with Gasteiger partial charge in [-0.2, -0.15) is 0 Å². The third-order valence-corrected chi connectivity index (χ3v) is 3.73. The Labute approximate surface area is 109 Å². The second kappa shape index (κ2) is 5.39. The summed E-state index contributed by atoms with van der Waals surface area (Å²) in [5.74, 6) is 0.830. The van der Waals surface area contributed by atoms with Crippen LogP contribution < -0.4 is 10.1 Å². The summed E-state index contributed by atoms with van der Waals surface area (Å²) in [7, 11) is 0. The number of ether oxygens (including phenoxy) is 1. The smallest absolute Gasteiger partial charge is 0.143 e. The number of halogens is 2. The van der Waals surface area contributed by atoms with Crippen LogP contribution in [-0.4, -0.2) is 13.2 Å². The van der Waals surface area contributed by atoms with Crippen molar-refractivity contribution < 1.29 is 4.74 Å². The summed E-state index contributed by atoms with van der Waals surface area (Å²) in [6.45, 7) is 3.91. The largest absolute Gasteiger partial charge is 0.492 e. The first kappa shape index (κ1) is 12.2. The van der Waals surface area contributed by atoms with E-state index in [2.05, 4.69) is 28.2 Å². The van der Waals surface area contributed by atoms with Crippen molar-refractivity contribution in [2.24, 2.45) is 0 Å². The Bertz CT molecular complexity index is 384. The fourth-order valence-electron chi connectivity index (χ4n) is 1.97. The van der Waals surface area contributed by atoms with Crippen molar-refractivity contribution in [1.82, 2.24) is 5.32 Å². The lowest BCUT2D eigenvalue weighted by molar-refractivity contribution is 0.252. The summed E-state index contributed by atoms with van der Waals surface area (Å²) in [6, 6.07) is 4.19. The van der Waals surface area contributed by atoms with Gasteiger partial charge in [0, 0.05) is 22.5 Å². The first-order valence-corrected chi connectivity index (χ1v) is 6.75. The average Bonchev–Trinajstić information content (AvgIpc) is 2.31. The Morgan fingerprint density at radius 3 is 3.12 bits per heavy atom. The van der Waals surface area contributed by atoms with E-state index in [0.717, 1.165) is 41.8 Å². The van der Waals surface area contributed by atoms with Gasteiger partial charge in [0.15, 0.2) is 0 Å². The Hall–Kier alpha value is -0.250. The summed E-state index contributed by atoms with van der Waals surface area (Å²) in [4.78, 5) is 0. The van der Waals surface area contributed by atoms with E-state index in [0.29, 0.717) is 11.1 Å². The number of hydrogen-bond donors (Lipinski definition) is 1. The molecule has 1 aliphatic rings. The average molecular weight is 305 g/mol. The lowest BCUT2D eigenvalue weighted by atomic mass is 10.0. The topological polar surface area (TPSA) is 21.3 Å². The van der Waals surface area contributed by atoms with Crippen LogP contribution in [0.2, 0.25) is 5.02 Å². The molecule has 0 aliphatic carbocycles. The monoisotopic (exact) mass is 303 g/mol. The number of fused-ring (bicyclic) bond motifs is 1. The van der Waals surface area contributed by atoms with E-state index in [1.54, 1.807) is 0 Å². The van der Waals surface area contributed by atoms with Crippen LogP contribution in [0, 0.1) is 0 Å². The van der Waals surface area contributed by atoms with E-state index in [1.807, 2.05) is 12.1 Å². The van der Waals surface area contributed by atoms with Crippen molar-refractivity contribution in [2.75, 3.05) is 13.2 Å². The second-order valence-corrected chi connectivity index (χ2v) is 5.18. The van der Waals surface area contributed by atoms with E-state index >= 15 is 0 Å². The van der Waals surface area contributed by atoms with Crippen molar-refractivity contribution in [2.45, 2.75) is 25.8 Å². The molecule has 1 aromatic carbocycles. The lowest BCUT2D eigenvalue weighted by Gasteiger charge is -2.28. The van der Waals surface area contributed by atoms with Crippen LogP contribution in [0.5, 0.6) is 5.75 Å². The Kier molecular flexibility index (Phi) is 4.11. The third kappa shape index (κ3) is 2.36. The molecule has 0 saturated heterocycles. The molecule has 1 aromatic rings. The molecule has 0 amide bonds. The maximum Gasteiger partial charge on any atom is 0.143 e. The number of rotatable bonds is 3. The molecule has 1 aliphatic heterocycles. The predicted octanol–water partition coefficient (Wildman–Crippen LogP) is 3.93. The number of benzene rings is 1. The van der Waals surface area contributed by atoms with Crippen LogP contribution in [0.1, 0.15) is 31.4 Å². The first-order chi connectivity index (χ1) is 7.74. The fraction of sp³-hybridized carbons (Fsp3) is 0.500. The molecule has 1 heterocycles. The standard InChI is InChI=1S/C12H15BrClNO/c1-2-6-15-10-5-7-16-12-9(14)4-3-8(13)11(10)12/h3-4,10,15H,2,5-7H2,1H3. The van der Waals surface area contributed by atoms with E-state index in [4.69, 9.17) is 16.3 Å². The Morgan fingerprint density at radius 2 is 2.38 bits per heavy atom. The SMILES string of the molecule is CCCNC1CCOc2c(Cl)ccc(Br)c21. The quantitative estimate of drug-likeness (QED) is 0.913. The van der Waals surface area contributed by atoms with E-state index in [9.17, 15) is 0 Å². The maximum absolute atomic E-state index is 6.14. The van der Waals surface area contributed by atoms with Gasteiger partial charge in [-0.25, -0.2) is 0 Å². The van der Waals surface area contributed by atoms with E-state index in [1.165, 1.54) is 0 Å². The molecule has 88 valence electrons. The Balaban J connectivity index is 2.33. The maximum atomic E-state index is 6.14. The van der Waals surface area contributed by atoms with Crippen molar-refractivity contribution in [1.29, 1.82) is 0 Å². The van der Waals surface area contributed by atoms with Crippen molar-refractivity contribution in [3.8, 4) is 5.75 Å². The zero-order chi connectivity index (χ0) is 11.5. The molecule has 0 radical (unpaired) electrons. The summed E-state index contributed by atoms with van der Waals surface area (Å²) < 4.78 is 6.71. The minimum Gasteiger partial charge on any atom is -0.492 e. The summed E-state index contributed by atoms with van der Waals surface area (Å²) in [6.07, 6.45) is 2.12. The first-order valence-electron chi connectivity index (χ1n) is 5.58. The predicted molar refractivity (Wildman–Crippen MR) is 70.3 cm³/mol. The van der Waals surface area contributed by atoms with E-state index < -0.39 is 0 Å². The van der Waals surface area contributed by atoms with Crippen LogP contribution >= 0.6 is 27.5 Å². The lowest BCUT2D eigenvalue weighted by Crippen LogP contribution is -2.28. The van der Waals surface area contributed by atoms with Crippen LogP contribution in [0.25, 0.3) is 0 Å². The van der Waals surface area contributed by atoms with Gasteiger partial charge < -0.3 is 10.1 Å². The minimum absolute atomic E-state index is 0.344. The molecule has 1 N–H and O–H groups in total. The molecular weight excluding hydrogens is 289 g/mol. The van der Waals surface area contributed by atoms with Gasteiger partial charge in [-0.15, -0.1) is 0 Å². The molecule has 1 unspecified atom stereocenters. The van der Waals surface area contributed by atoms with Crippen molar-refractivity contribution >= 4 is 27.5 Å². The van der Waals surface area contributed by atoms with E-state index in [-0.39, 0.29) is 0 Å². The second-order valence-electron chi connectivity index (χ2n) is 3.92. The van der Waals surface area contributed by atoms with Gasteiger partial charge in [0.25, 0.3) is 0 Å². The van der Waals surface area contributed by atoms with Gasteiger partial charge in [-0.05, 0) is 25.1 Å². The fourth-order valence-corrected chi connectivity index (χ4v) is 2.77. The molecule has 1 atom stereocenters. The zero-order valence-corrected chi connectivity index (χ0v) is 11.6. The highest BCUT2D eigenvalue weighted by Gasteiger charge is 2.25. The molecule has 0 aromatic heterocycles. The molecule has 0 saturated carbocycles. The van der Waals surface area contributed by atoms with Gasteiger partial charge in [-0.1, -0.05) is 34.5 Å². The molecule has 2 rings (SSSR count). The van der Waals surface area contributed by atoms with Gasteiger partial charge in [0.2, 0.25) is 0 Å². The van der Waals surface area contributed by atoms with Gasteiger partial charge in [0.05, 0.1) is 11.6 Å². The highest BCUT2D eigenvalue weighted by Crippen LogP contribution is 2.41. The van der Waals surface area contributed by atoms with Crippen LogP contribution in [0.4, 0.5) is 0 Å². The molecule has 0 bridgehead atoms. The summed E-state index contributed by atoms with van der Waals surface area (Å²) in [5.41, 5.74) is 1.16. The minimum atomic E-state index is 0.344. The molecular formula is C12H15BrClNO. The molecule has 16 heavy (non-hydrogen) atoms. The van der Waals surface area contributed by atoms with Crippen LogP contribution in [0.3, 0.4) is 0 Å². The highest BCUT2D eigenvalue weighted by molar-refractivity contribution is 9.10. The van der Waals surface area contributed by atoms with Crippen molar-refractivity contribution in [3.05, 3.63) is 27.2 Å². The van der Waals surface area contributed by atoms with Gasteiger partial charge in [-0.3, -0.25) is 0 Å². The summed E-state index contributed by atoms with van der Waals surface area (Å²) in [5, 5.41) is 4.22. The number of nitrogens with one attached hydrogen (secondary N) is 1. The van der Waals surface area contributed by atoms with Crippen molar-refractivity contribution in [3.63, 3.8) is 0 Å². The van der Waals surface area contributed by atoms with Crippen LogP contribution in [-0.2, 0) is 0 Å². The molecule has 4 heteroatoms. The zero-order valence-electron chi connectivity index (χ0n) is 9.22. The Morgan fingerprint density at radius 1 is 1.56 bits per heavy atom. The molecule has 2 nitrogen and oxygen atoms in total. The molecule has 0 spiro atoms. The molecule has 0 fully saturated rings. The third-order valence-electron chi connectivity index (χ3n) is 2.74. The van der Waals surface area contributed by atoms with Gasteiger partial charge >= 0.3 is 0 Å². The highest BCUT2D eigenvalue weighted by atomic mass is 79.9. The number of hydrogen-bond acceptors (Lipinski definition) is 2. The van der Waals surface area contributed by atoms with Crippen LogP contribution in [0.15, 0.2) is 16.6 Å². The van der Waals surface area contributed by atoms with Gasteiger partial charge in [0.1, 0.15) is 5.75 Å². The normalized spacial score (nSPS) is 19.1.